The summed E-state index contributed by atoms with van der Waals surface area (Å²) in [5, 5.41) is 12.3. The first kappa shape index (κ1) is 16.0. The standard InChI is InChI=1S/C19H17N5O3/c1-2-6-13(7-3-1)17-20-18(27-23-17)14-8-4-10-24(14)12-16-21-22-19(26-16)15-9-5-11-25-15/h1-3,5-7,9,11,14H,4,8,10,12H2. The molecule has 1 aliphatic heterocycles. The maximum absolute atomic E-state index is 5.72. The van der Waals surface area contributed by atoms with Crippen LogP contribution in [0.5, 0.6) is 0 Å². The van der Waals surface area contributed by atoms with E-state index < -0.39 is 0 Å². The summed E-state index contributed by atoms with van der Waals surface area (Å²) in [5.74, 6) is 2.72. The van der Waals surface area contributed by atoms with Gasteiger partial charge in [0.1, 0.15) is 0 Å². The summed E-state index contributed by atoms with van der Waals surface area (Å²) in [6, 6.07) is 13.4. The highest BCUT2D eigenvalue weighted by Gasteiger charge is 2.32. The molecular formula is C19H17N5O3. The summed E-state index contributed by atoms with van der Waals surface area (Å²) < 4.78 is 16.6. The number of likely N-dealkylation sites (tertiary alicyclic amines) is 1. The lowest BCUT2D eigenvalue weighted by Gasteiger charge is -2.19. The van der Waals surface area contributed by atoms with E-state index in [-0.39, 0.29) is 6.04 Å². The Morgan fingerprint density at radius 3 is 2.85 bits per heavy atom. The Morgan fingerprint density at radius 1 is 1.07 bits per heavy atom. The third kappa shape index (κ3) is 3.15. The number of rotatable bonds is 5. The maximum atomic E-state index is 5.72. The molecule has 8 nitrogen and oxygen atoms in total. The van der Waals surface area contributed by atoms with Gasteiger partial charge in [-0.2, -0.15) is 4.98 Å². The molecule has 1 atom stereocenters. The number of hydrogen-bond acceptors (Lipinski definition) is 8. The number of furan rings is 1. The molecular weight excluding hydrogens is 346 g/mol. The molecule has 4 aromatic rings. The lowest BCUT2D eigenvalue weighted by molar-refractivity contribution is 0.186. The zero-order valence-electron chi connectivity index (χ0n) is 14.5. The lowest BCUT2D eigenvalue weighted by Crippen LogP contribution is -2.23. The topological polar surface area (TPSA) is 94.2 Å². The summed E-state index contributed by atoms with van der Waals surface area (Å²) in [6.45, 7) is 1.44. The van der Waals surface area contributed by atoms with Crippen molar-refractivity contribution in [1.82, 2.24) is 25.2 Å². The normalized spacial score (nSPS) is 17.6. The van der Waals surface area contributed by atoms with Crippen LogP contribution in [0.4, 0.5) is 0 Å². The van der Waals surface area contributed by atoms with E-state index in [4.69, 9.17) is 13.4 Å². The van der Waals surface area contributed by atoms with Crippen LogP contribution in [-0.4, -0.2) is 31.8 Å². The highest BCUT2D eigenvalue weighted by Crippen LogP contribution is 2.33. The number of hydrogen-bond donors (Lipinski definition) is 0. The number of benzene rings is 1. The van der Waals surface area contributed by atoms with Crippen molar-refractivity contribution < 1.29 is 13.4 Å². The average Bonchev–Trinajstić information content (AvgIpc) is 3.48. The zero-order chi connectivity index (χ0) is 18.1. The first-order chi connectivity index (χ1) is 13.4. The fourth-order valence-corrected chi connectivity index (χ4v) is 3.36. The van der Waals surface area contributed by atoms with Gasteiger partial charge in [-0.15, -0.1) is 10.2 Å². The molecule has 4 heterocycles. The number of aromatic nitrogens is 4. The molecule has 1 saturated heterocycles. The highest BCUT2D eigenvalue weighted by atomic mass is 16.5. The molecule has 0 bridgehead atoms. The summed E-state index contributed by atoms with van der Waals surface area (Å²) >= 11 is 0. The van der Waals surface area contributed by atoms with Gasteiger partial charge in [-0.3, -0.25) is 4.90 Å². The largest absolute Gasteiger partial charge is 0.459 e. The Kier molecular flexibility index (Phi) is 4.02. The molecule has 136 valence electrons. The molecule has 3 aromatic heterocycles. The molecule has 0 amide bonds. The molecule has 5 rings (SSSR count). The SMILES string of the molecule is c1ccc(-c2noc(C3CCCN3Cc3nnc(-c4ccco4)o3)n2)cc1. The van der Waals surface area contributed by atoms with Gasteiger partial charge in [-0.25, -0.2) is 0 Å². The van der Waals surface area contributed by atoms with E-state index in [0.717, 1.165) is 24.9 Å². The van der Waals surface area contributed by atoms with Gasteiger partial charge in [0.05, 0.1) is 18.8 Å². The molecule has 27 heavy (non-hydrogen) atoms. The molecule has 0 aliphatic carbocycles. The van der Waals surface area contributed by atoms with Gasteiger partial charge in [0.2, 0.25) is 17.6 Å². The van der Waals surface area contributed by atoms with Gasteiger partial charge in [-0.1, -0.05) is 35.5 Å². The van der Waals surface area contributed by atoms with Crippen LogP contribution < -0.4 is 0 Å². The second-order valence-corrected chi connectivity index (χ2v) is 6.43. The van der Waals surface area contributed by atoms with Crippen molar-refractivity contribution in [3.63, 3.8) is 0 Å². The van der Waals surface area contributed by atoms with Crippen molar-refractivity contribution in [2.45, 2.75) is 25.4 Å². The molecule has 0 N–H and O–H groups in total. The van der Waals surface area contributed by atoms with Crippen LogP contribution >= 0.6 is 0 Å². The summed E-state index contributed by atoms with van der Waals surface area (Å²) in [4.78, 5) is 6.82. The smallest absolute Gasteiger partial charge is 0.283 e. The van der Waals surface area contributed by atoms with Gasteiger partial charge in [0.15, 0.2) is 5.76 Å². The molecule has 1 aliphatic rings. The van der Waals surface area contributed by atoms with Gasteiger partial charge in [-0.05, 0) is 31.5 Å². The van der Waals surface area contributed by atoms with Crippen molar-refractivity contribution in [2.75, 3.05) is 6.54 Å². The molecule has 1 fully saturated rings. The van der Waals surface area contributed by atoms with E-state index in [9.17, 15) is 0 Å². The van der Waals surface area contributed by atoms with Crippen LogP contribution in [0.3, 0.4) is 0 Å². The third-order valence-corrected chi connectivity index (χ3v) is 4.66. The molecule has 1 unspecified atom stereocenters. The minimum Gasteiger partial charge on any atom is -0.459 e. The van der Waals surface area contributed by atoms with E-state index in [1.165, 1.54) is 0 Å². The van der Waals surface area contributed by atoms with Crippen molar-refractivity contribution in [3.8, 4) is 23.0 Å². The van der Waals surface area contributed by atoms with Gasteiger partial charge >= 0.3 is 0 Å². The van der Waals surface area contributed by atoms with E-state index in [2.05, 4.69) is 25.2 Å². The highest BCUT2D eigenvalue weighted by molar-refractivity contribution is 5.53. The predicted molar refractivity (Wildman–Crippen MR) is 94.1 cm³/mol. The molecule has 1 aromatic carbocycles. The summed E-state index contributed by atoms with van der Waals surface area (Å²) in [6.07, 6.45) is 3.58. The van der Waals surface area contributed by atoms with Crippen molar-refractivity contribution in [3.05, 3.63) is 60.5 Å². The van der Waals surface area contributed by atoms with Crippen LogP contribution in [0.25, 0.3) is 23.0 Å². The lowest BCUT2D eigenvalue weighted by atomic mass is 10.2. The number of nitrogens with zero attached hydrogens (tertiary/aromatic N) is 5. The first-order valence-electron chi connectivity index (χ1n) is 8.86. The minimum absolute atomic E-state index is 0.0499. The summed E-state index contributed by atoms with van der Waals surface area (Å²) in [5.41, 5.74) is 0.942. The summed E-state index contributed by atoms with van der Waals surface area (Å²) in [7, 11) is 0. The molecule has 8 heteroatoms. The van der Waals surface area contributed by atoms with E-state index in [1.807, 2.05) is 30.3 Å². The van der Waals surface area contributed by atoms with Crippen LogP contribution in [0, 0.1) is 0 Å². The van der Waals surface area contributed by atoms with E-state index in [0.29, 0.717) is 35.8 Å². The Labute approximate surface area is 154 Å². The Morgan fingerprint density at radius 2 is 2.00 bits per heavy atom. The van der Waals surface area contributed by atoms with E-state index in [1.54, 1.807) is 18.4 Å². The van der Waals surface area contributed by atoms with Gasteiger partial charge in [0, 0.05) is 5.56 Å². The zero-order valence-corrected chi connectivity index (χ0v) is 14.5. The second-order valence-electron chi connectivity index (χ2n) is 6.43. The monoisotopic (exact) mass is 363 g/mol. The van der Waals surface area contributed by atoms with Crippen LogP contribution in [0.2, 0.25) is 0 Å². The van der Waals surface area contributed by atoms with Crippen LogP contribution in [0.1, 0.15) is 30.7 Å². The fourth-order valence-electron chi connectivity index (χ4n) is 3.36. The van der Waals surface area contributed by atoms with Crippen molar-refractivity contribution in [1.29, 1.82) is 0 Å². The van der Waals surface area contributed by atoms with Crippen molar-refractivity contribution >= 4 is 0 Å². The molecule has 0 radical (unpaired) electrons. The van der Waals surface area contributed by atoms with E-state index >= 15 is 0 Å². The van der Waals surface area contributed by atoms with Gasteiger partial charge in [0.25, 0.3) is 5.89 Å². The fraction of sp³-hybridized carbons (Fsp3) is 0.263. The third-order valence-electron chi connectivity index (χ3n) is 4.66. The van der Waals surface area contributed by atoms with Crippen molar-refractivity contribution in [2.24, 2.45) is 0 Å². The Hall–Kier alpha value is -3.26. The van der Waals surface area contributed by atoms with Gasteiger partial charge < -0.3 is 13.4 Å². The predicted octanol–water partition coefficient (Wildman–Crippen LogP) is 3.72. The molecule has 0 saturated carbocycles. The first-order valence-corrected chi connectivity index (χ1v) is 8.86. The molecule has 0 spiro atoms. The maximum Gasteiger partial charge on any atom is 0.283 e. The Bertz CT molecular complexity index is 1010. The average molecular weight is 363 g/mol. The quantitative estimate of drug-likeness (QED) is 0.529. The van der Waals surface area contributed by atoms with Crippen LogP contribution in [-0.2, 0) is 6.54 Å². The Balaban J connectivity index is 1.33. The minimum atomic E-state index is 0.0499. The van der Waals surface area contributed by atoms with Crippen LogP contribution in [0.15, 0.2) is 62.1 Å². The second kappa shape index (κ2) is 6.81.